The zero-order valence-corrected chi connectivity index (χ0v) is 20.4. The summed E-state index contributed by atoms with van der Waals surface area (Å²) < 4.78 is 5.47. The van der Waals surface area contributed by atoms with E-state index in [-0.39, 0.29) is 5.97 Å². The van der Waals surface area contributed by atoms with Gasteiger partial charge in [-0.3, -0.25) is 4.79 Å². The van der Waals surface area contributed by atoms with E-state index in [1.807, 2.05) is 0 Å². The zero-order valence-electron chi connectivity index (χ0n) is 19.4. The van der Waals surface area contributed by atoms with E-state index in [1.54, 1.807) is 0 Å². The average Bonchev–Trinajstić information content (AvgIpc) is 2.59. The lowest BCUT2D eigenvalue weighted by atomic mass is 9.99. The third-order valence-corrected chi connectivity index (χ3v) is 6.28. The fraction of sp³-hybridized carbons (Fsp3) is 0.958. The molecule has 0 N–H and O–H groups in total. The largest absolute Gasteiger partial charge is 0.520 e. The Kier molecular flexibility index (Phi) is 17.6. The third kappa shape index (κ3) is 21.8. The molecule has 0 saturated heterocycles. The van der Waals surface area contributed by atoms with Gasteiger partial charge in [0.05, 0.1) is 0 Å². The van der Waals surface area contributed by atoms with E-state index in [9.17, 15) is 4.79 Å². The molecule has 0 rings (SSSR count). The Bertz CT molecular complexity index is 336. The summed E-state index contributed by atoms with van der Waals surface area (Å²) in [5, 5.41) is 0. The van der Waals surface area contributed by atoms with Crippen molar-refractivity contribution in [3.8, 4) is 0 Å². The number of hydrogen-bond acceptors (Lipinski definition) is 2. The van der Waals surface area contributed by atoms with Crippen molar-refractivity contribution in [2.75, 3.05) is 0 Å². The van der Waals surface area contributed by atoms with Gasteiger partial charge in [0, 0.05) is 6.42 Å². The van der Waals surface area contributed by atoms with Crippen LogP contribution < -0.4 is 0 Å². The van der Waals surface area contributed by atoms with Crippen molar-refractivity contribution in [3.63, 3.8) is 0 Å². The predicted octanol–water partition coefficient (Wildman–Crippen LogP) is 8.65. The molecule has 0 aliphatic carbocycles. The van der Waals surface area contributed by atoms with Gasteiger partial charge in [0.25, 0.3) is 5.97 Å². The van der Waals surface area contributed by atoms with E-state index in [0.29, 0.717) is 6.42 Å². The molecular formula is C24H50O2Si. The van der Waals surface area contributed by atoms with Crippen molar-refractivity contribution >= 4 is 14.3 Å². The Morgan fingerprint density at radius 2 is 1.07 bits per heavy atom. The summed E-state index contributed by atoms with van der Waals surface area (Å²) in [5.74, 6) is 0.946. The summed E-state index contributed by atoms with van der Waals surface area (Å²) in [7, 11) is -1.68. The van der Waals surface area contributed by atoms with Crippen molar-refractivity contribution in [2.45, 2.75) is 143 Å². The van der Waals surface area contributed by atoms with Crippen LogP contribution in [0.2, 0.25) is 19.6 Å². The molecule has 2 nitrogen and oxygen atoms in total. The molecule has 0 saturated carbocycles. The maximum Gasteiger partial charge on any atom is 0.292 e. The monoisotopic (exact) mass is 398 g/mol. The van der Waals surface area contributed by atoms with Crippen LogP contribution in [0.15, 0.2) is 0 Å². The maximum atomic E-state index is 11.6. The quantitative estimate of drug-likeness (QED) is 0.161. The van der Waals surface area contributed by atoms with Crippen LogP contribution in [-0.4, -0.2) is 14.3 Å². The minimum atomic E-state index is -1.68. The Morgan fingerprint density at radius 3 is 1.44 bits per heavy atom. The zero-order chi connectivity index (χ0) is 20.4. The standard InChI is InChI=1S/C24H50O2Si/c1-6-23(2)21-19-17-15-13-11-9-7-8-10-12-14-16-18-20-22-24(25)26-27(3,4)5/h23H,6-22H2,1-5H3. The van der Waals surface area contributed by atoms with Crippen LogP contribution in [0.3, 0.4) is 0 Å². The van der Waals surface area contributed by atoms with Crippen molar-refractivity contribution in [1.82, 2.24) is 0 Å². The number of unbranched alkanes of at least 4 members (excludes halogenated alkanes) is 13. The highest BCUT2D eigenvalue weighted by atomic mass is 28.4. The fourth-order valence-corrected chi connectivity index (χ4v) is 4.27. The minimum absolute atomic E-state index is 0.0182. The molecule has 0 amide bonds. The van der Waals surface area contributed by atoms with Gasteiger partial charge in [-0.15, -0.1) is 0 Å². The summed E-state index contributed by atoms with van der Waals surface area (Å²) >= 11 is 0. The minimum Gasteiger partial charge on any atom is -0.520 e. The lowest BCUT2D eigenvalue weighted by Gasteiger charge is -2.17. The maximum absolute atomic E-state index is 11.6. The van der Waals surface area contributed by atoms with Crippen molar-refractivity contribution in [3.05, 3.63) is 0 Å². The molecule has 0 aromatic rings. The van der Waals surface area contributed by atoms with Gasteiger partial charge >= 0.3 is 0 Å². The number of carbonyl (C=O) groups is 1. The molecule has 0 fully saturated rings. The highest BCUT2D eigenvalue weighted by Crippen LogP contribution is 2.16. The molecule has 1 unspecified atom stereocenters. The second kappa shape index (κ2) is 17.8. The molecule has 0 bridgehead atoms. The first-order valence-electron chi connectivity index (χ1n) is 12.1. The topological polar surface area (TPSA) is 26.3 Å². The van der Waals surface area contributed by atoms with Crippen LogP contribution in [0.1, 0.15) is 123 Å². The number of hydrogen-bond donors (Lipinski definition) is 0. The van der Waals surface area contributed by atoms with Crippen molar-refractivity contribution in [1.29, 1.82) is 0 Å². The Labute approximate surface area is 172 Å². The first kappa shape index (κ1) is 26.7. The van der Waals surface area contributed by atoms with Crippen LogP contribution in [-0.2, 0) is 9.22 Å². The summed E-state index contributed by atoms with van der Waals surface area (Å²) in [4.78, 5) is 11.6. The molecule has 0 heterocycles. The van der Waals surface area contributed by atoms with Gasteiger partial charge in [-0.2, -0.15) is 0 Å². The van der Waals surface area contributed by atoms with Crippen LogP contribution in [0.25, 0.3) is 0 Å². The summed E-state index contributed by atoms with van der Waals surface area (Å²) in [6.45, 7) is 10.9. The van der Waals surface area contributed by atoms with E-state index in [0.717, 1.165) is 12.3 Å². The average molecular weight is 399 g/mol. The van der Waals surface area contributed by atoms with Crippen molar-refractivity contribution < 1.29 is 9.22 Å². The van der Waals surface area contributed by atoms with Gasteiger partial charge in [0.1, 0.15) is 0 Å². The summed E-state index contributed by atoms with van der Waals surface area (Å²) in [6, 6.07) is 0. The molecule has 162 valence electrons. The van der Waals surface area contributed by atoms with Gasteiger partial charge in [-0.25, -0.2) is 0 Å². The molecule has 0 aromatic heterocycles. The van der Waals surface area contributed by atoms with E-state index < -0.39 is 8.32 Å². The van der Waals surface area contributed by atoms with Gasteiger partial charge in [0.15, 0.2) is 0 Å². The molecule has 27 heavy (non-hydrogen) atoms. The molecule has 0 radical (unpaired) electrons. The number of rotatable bonds is 19. The van der Waals surface area contributed by atoms with E-state index in [2.05, 4.69) is 33.5 Å². The van der Waals surface area contributed by atoms with Gasteiger partial charge in [-0.05, 0) is 32.0 Å². The first-order chi connectivity index (χ1) is 12.8. The number of carbonyl (C=O) groups excluding carboxylic acids is 1. The molecule has 0 aliphatic rings. The second-order valence-electron chi connectivity index (χ2n) is 9.59. The van der Waals surface area contributed by atoms with Crippen molar-refractivity contribution in [2.24, 2.45) is 5.92 Å². The molecular weight excluding hydrogens is 348 g/mol. The van der Waals surface area contributed by atoms with Crippen LogP contribution in [0.5, 0.6) is 0 Å². The molecule has 1 atom stereocenters. The molecule has 0 aliphatic heterocycles. The highest BCUT2D eigenvalue weighted by molar-refractivity contribution is 6.71. The first-order valence-corrected chi connectivity index (χ1v) is 15.5. The van der Waals surface area contributed by atoms with Crippen LogP contribution in [0.4, 0.5) is 0 Å². The third-order valence-electron chi connectivity index (χ3n) is 5.44. The Balaban J connectivity index is 3.16. The highest BCUT2D eigenvalue weighted by Gasteiger charge is 2.19. The van der Waals surface area contributed by atoms with Crippen LogP contribution in [0, 0.1) is 5.92 Å². The SMILES string of the molecule is CCC(C)CCCCCCCCCCCCCCCCC(=O)O[Si](C)(C)C. The second-order valence-corrected chi connectivity index (χ2v) is 14.0. The van der Waals surface area contributed by atoms with Gasteiger partial charge < -0.3 is 4.43 Å². The predicted molar refractivity (Wildman–Crippen MR) is 123 cm³/mol. The smallest absolute Gasteiger partial charge is 0.292 e. The van der Waals surface area contributed by atoms with E-state index >= 15 is 0 Å². The van der Waals surface area contributed by atoms with E-state index in [4.69, 9.17) is 4.43 Å². The normalized spacial score (nSPS) is 12.9. The summed E-state index contributed by atoms with van der Waals surface area (Å²) in [6.07, 6.45) is 22.4. The molecule has 3 heteroatoms. The summed E-state index contributed by atoms with van der Waals surface area (Å²) in [5.41, 5.74) is 0. The Hall–Kier alpha value is -0.313. The molecule has 0 spiro atoms. The van der Waals surface area contributed by atoms with Crippen LogP contribution >= 0.6 is 0 Å². The van der Waals surface area contributed by atoms with Gasteiger partial charge in [-0.1, -0.05) is 110 Å². The fourth-order valence-electron chi connectivity index (χ4n) is 3.48. The lowest BCUT2D eigenvalue weighted by Crippen LogP contribution is -2.28. The Morgan fingerprint density at radius 1 is 0.704 bits per heavy atom. The molecule has 0 aromatic carbocycles. The van der Waals surface area contributed by atoms with E-state index in [1.165, 1.54) is 96.3 Å². The van der Waals surface area contributed by atoms with Gasteiger partial charge in [0.2, 0.25) is 8.32 Å². The lowest BCUT2D eigenvalue weighted by molar-refractivity contribution is -0.135.